The lowest BCUT2D eigenvalue weighted by molar-refractivity contribution is -0.203. The Morgan fingerprint density at radius 2 is 1.93 bits per heavy atom. The fourth-order valence-corrected chi connectivity index (χ4v) is 7.39. The summed E-state index contributed by atoms with van der Waals surface area (Å²) < 4.78 is 5.17. The van der Waals surface area contributed by atoms with E-state index < -0.39 is 23.1 Å². The summed E-state index contributed by atoms with van der Waals surface area (Å²) >= 11 is 0. The minimum atomic E-state index is -1.14. The second-order valence-electron chi connectivity index (χ2n) is 10.1. The van der Waals surface area contributed by atoms with E-state index in [4.69, 9.17) is 4.74 Å². The predicted octanol–water partition coefficient (Wildman–Crippen LogP) is 2.67. The van der Waals surface area contributed by atoms with Gasteiger partial charge in [-0.1, -0.05) is 18.6 Å². The van der Waals surface area contributed by atoms with Crippen LogP contribution in [0.2, 0.25) is 0 Å². The highest BCUT2D eigenvalue weighted by atomic mass is 16.5. The summed E-state index contributed by atoms with van der Waals surface area (Å²) in [5.74, 6) is -1.47. The summed E-state index contributed by atoms with van der Waals surface area (Å²) in [7, 11) is 0. The largest absolute Gasteiger partial charge is 0.481 e. The van der Waals surface area contributed by atoms with Crippen LogP contribution in [0.1, 0.15) is 65.7 Å². The Labute approximate surface area is 166 Å². The van der Waals surface area contributed by atoms with Gasteiger partial charge in [0, 0.05) is 12.8 Å². The molecule has 0 amide bonds. The van der Waals surface area contributed by atoms with E-state index in [1.807, 2.05) is 0 Å². The van der Waals surface area contributed by atoms with Crippen molar-refractivity contribution in [3.05, 3.63) is 11.6 Å². The van der Waals surface area contributed by atoms with E-state index in [0.29, 0.717) is 12.8 Å². The van der Waals surface area contributed by atoms with Crippen LogP contribution in [-0.2, 0) is 14.3 Å². The van der Waals surface area contributed by atoms with Crippen molar-refractivity contribution in [2.45, 2.75) is 77.4 Å². The van der Waals surface area contributed by atoms with E-state index in [0.717, 1.165) is 32.1 Å². The molecule has 0 aromatic carbocycles. The van der Waals surface area contributed by atoms with E-state index in [-0.39, 0.29) is 35.2 Å². The van der Waals surface area contributed by atoms with Crippen LogP contribution in [0.4, 0.5) is 0 Å². The molecule has 0 aliphatic heterocycles. The van der Waals surface area contributed by atoms with Gasteiger partial charge in [-0.25, -0.2) is 0 Å². The second-order valence-corrected chi connectivity index (χ2v) is 10.1. The van der Waals surface area contributed by atoms with Gasteiger partial charge in [-0.3, -0.25) is 9.59 Å². The monoisotopic (exact) mass is 392 g/mol. The number of hydrogen-bond acceptors (Lipinski definition) is 5. The second kappa shape index (κ2) is 6.05. The summed E-state index contributed by atoms with van der Waals surface area (Å²) in [4.78, 5) is 23.5. The van der Waals surface area contributed by atoms with Gasteiger partial charge in [-0.15, -0.1) is 0 Å². The zero-order valence-electron chi connectivity index (χ0n) is 17.0. The van der Waals surface area contributed by atoms with E-state index in [1.165, 1.54) is 12.5 Å². The van der Waals surface area contributed by atoms with Crippen LogP contribution in [0.3, 0.4) is 0 Å². The molecule has 0 saturated heterocycles. The molecule has 156 valence electrons. The third kappa shape index (κ3) is 2.34. The summed E-state index contributed by atoms with van der Waals surface area (Å²) in [6, 6.07) is 0. The number of allylic oxidation sites excluding steroid dienone is 1. The molecule has 4 rings (SSSR count). The number of ether oxygens (including phenoxy) is 1. The molecule has 0 aromatic rings. The molecule has 0 aromatic heterocycles. The molecule has 3 saturated carbocycles. The predicted molar refractivity (Wildman–Crippen MR) is 101 cm³/mol. The molecule has 4 aliphatic carbocycles. The van der Waals surface area contributed by atoms with Gasteiger partial charge in [-0.2, -0.15) is 0 Å². The zero-order valence-corrected chi connectivity index (χ0v) is 17.0. The van der Waals surface area contributed by atoms with Crippen molar-refractivity contribution < 1.29 is 29.6 Å². The SMILES string of the molecule is CC(=O)OC[C@@]1(O)CC[C@]23C[C@H]1C=C2CC[C@H]1[C@](C)(C(=O)O)[C@H](O)CC[C@@]13C. The van der Waals surface area contributed by atoms with Crippen LogP contribution in [0, 0.1) is 28.1 Å². The highest BCUT2D eigenvalue weighted by Crippen LogP contribution is 2.73. The molecule has 6 nitrogen and oxygen atoms in total. The van der Waals surface area contributed by atoms with Crippen molar-refractivity contribution in [1.82, 2.24) is 0 Å². The van der Waals surface area contributed by atoms with Crippen molar-refractivity contribution >= 4 is 11.9 Å². The molecule has 3 N–H and O–H groups in total. The van der Waals surface area contributed by atoms with Crippen LogP contribution in [0.15, 0.2) is 11.6 Å². The highest BCUT2D eigenvalue weighted by Gasteiger charge is 2.69. The van der Waals surface area contributed by atoms with E-state index >= 15 is 0 Å². The molecule has 0 unspecified atom stereocenters. The lowest BCUT2D eigenvalue weighted by Crippen LogP contribution is -2.63. The Morgan fingerprint density at radius 1 is 1.21 bits per heavy atom. The Hall–Kier alpha value is -1.40. The smallest absolute Gasteiger partial charge is 0.312 e. The number of hydrogen-bond donors (Lipinski definition) is 3. The number of aliphatic carboxylic acids is 1. The van der Waals surface area contributed by atoms with Gasteiger partial charge >= 0.3 is 11.9 Å². The average molecular weight is 392 g/mol. The Kier molecular flexibility index (Phi) is 4.30. The Morgan fingerprint density at radius 3 is 2.57 bits per heavy atom. The molecule has 3 fully saturated rings. The van der Waals surface area contributed by atoms with Gasteiger partial charge in [0.2, 0.25) is 0 Å². The first kappa shape index (κ1) is 19.9. The molecule has 0 radical (unpaired) electrons. The van der Waals surface area contributed by atoms with Gasteiger partial charge < -0.3 is 20.1 Å². The van der Waals surface area contributed by atoms with E-state index in [1.54, 1.807) is 6.92 Å². The highest BCUT2D eigenvalue weighted by molar-refractivity contribution is 5.76. The number of aliphatic hydroxyl groups excluding tert-OH is 1. The summed E-state index contributed by atoms with van der Waals surface area (Å²) in [5, 5.41) is 31.9. The third-order valence-electron chi connectivity index (χ3n) is 9.16. The van der Waals surface area contributed by atoms with Crippen LogP contribution >= 0.6 is 0 Å². The quantitative estimate of drug-likeness (QED) is 0.504. The van der Waals surface area contributed by atoms with E-state index in [9.17, 15) is 24.9 Å². The molecule has 28 heavy (non-hydrogen) atoms. The molecular weight excluding hydrogens is 360 g/mol. The van der Waals surface area contributed by atoms with Gasteiger partial charge in [-0.05, 0) is 68.6 Å². The first-order valence-electron chi connectivity index (χ1n) is 10.5. The first-order chi connectivity index (χ1) is 13.0. The fraction of sp³-hybridized carbons (Fsp3) is 0.818. The summed E-state index contributed by atoms with van der Waals surface area (Å²) in [5.41, 5.74) is -1.19. The van der Waals surface area contributed by atoms with Gasteiger partial charge in [0.25, 0.3) is 0 Å². The van der Waals surface area contributed by atoms with Crippen molar-refractivity contribution in [1.29, 1.82) is 0 Å². The molecule has 1 spiro atoms. The van der Waals surface area contributed by atoms with Crippen molar-refractivity contribution in [3.8, 4) is 0 Å². The molecule has 7 atom stereocenters. The first-order valence-corrected chi connectivity index (χ1v) is 10.5. The molecule has 0 heterocycles. The number of carbonyl (C=O) groups is 2. The zero-order chi connectivity index (χ0) is 20.5. The number of carboxylic acid groups (broad SMARTS) is 1. The minimum absolute atomic E-state index is 0.0125. The number of carbonyl (C=O) groups excluding carboxylic acids is 1. The van der Waals surface area contributed by atoms with Crippen molar-refractivity contribution in [3.63, 3.8) is 0 Å². The van der Waals surface area contributed by atoms with Crippen LogP contribution < -0.4 is 0 Å². The lowest BCUT2D eigenvalue weighted by Gasteiger charge is -2.65. The number of rotatable bonds is 3. The number of esters is 1. The molecular formula is C22H32O6. The maximum Gasteiger partial charge on any atom is 0.312 e. The molecule has 4 aliphatic rings. The van der Waals surface area contributed by atoms with Crippen LogP contribution in [-0.4, -0.2) is 45.6 Å². The van der Waals surface area contributed by atoms with Gasteiger partial charge in [0.15, 0.2) is 0 Å². The molecule has 6 heteroatoms. The molecule has 2 bridgehead atoms. The van der Waals surface area contributed by atoms with Gasteiger partial charge in [0.05, 0.1) is 11.5 Å². The van der Waals surface area contributed by atoms with Crippen molar-refractivity contribution in [2.24, 2.45) is 28.1 Å². The van der Waals surface area contributed by atoms with Gasteiger partial charge in [0.1, 0.15) is 12.2 Å². The fourth-order valence-electron chi connectivity index (χ4n) is 7.39. The average Bonchev–Trinajstić information content (AvgIpc) is 2.98. The topological polar surface area (TPSA) is 104 Å². The number of carboxylic acids is 1. The van der Waals surface area contributed by atoms with E-state index in [2.05, 4.69) is 13.0 Å². The maximum atomic E-state index is 12.2. The minimum Gasteiger partial charge on any atom is -0.481 e. The maximum absolute atomic E-state index is 12.2. The summed E-state index contributed by atoms with van der Waals surface area (Å²) in [6.07, 6.45) is 6.31. The normalized spacial score (nSPS) is 49.6. The Balaban J connectivity index is 1.70. The lowest BCUT2D eigenvalue weighted by atomic mass is 9.39. The number of fused-ring (bicyclic) bond motifs is 2. The number of aliphatic hydroxyl groups is 2. The Bertz CT molecular complexity index is 745. The van der Waals surface area contributed by atoms with Crippen LogP contribution in [0.5, 0.6) is 0 Å². The van der Waals surface area contributed by atoms with Crippen molar-refractivity contribution in [2.75, 3.05) is 6.61 Å². The van der Waals surface area contributed by atoms with Crippen LogP contribution in [0.25, 0.3) is 0 Å². The third-order valence-corrected chi connectivity index (χ3v) is 9.16. The summed E-state index contributed by atoms with van der Waals surface area (Å²) in [6.45, 7) is 5.31. The standard InChI is InChI=1S/C22H32O6/c1-13(23)28-12-22(27)9-8-21-11-15(22)10-14(21)4-5-16-19(21,2)7-6-17(24)20(16,3)18(25)26/h10,15-17,24,27H,4-9,11-12H2,1-3H3,(H,25,26)/t15-,16-,17-,19+,20+,21+,22+/m1/s1.